The number of ether oxygens (including phenoxy) is 1. The molecule has 0 aliphatic carbocycles. The first-order valence-corrected chi connectivity index (χ1v) is 5.95. The summed E-state index contributed by atoms with van der Waals surface area (Å²) in [4.78, 5) is 2.13. The highest BCUT2D eigenvalue weighted by Crippen LogP contribution is 1.98. The molecule has 4 heteroatoms. The van der Waals surface area contributed by atoms with Gasteiger partial charge in [0.2, 0.25) is 0 Å². The highest BCUT2D eigenvalue weighted by Gasteiger charge is 2.09. The summed E-state index contributed by atoms with van der Waals surface area (Å²) in [5, 5.41) is 13.0. The van der Waals surface area contributed by atoms with Crippen LogP contribution in [0.4, 0.5) is 0 Å². The standard InChI is InChI=1S/C12H28N2O2/c1-12(2,3)13-7-6-8-14(4)9-11(15)10-16-5/h11,13,15H,6-10H2,1-5H3. The molecular formula is C12H28N2O2. The lowest BCUT2D eigenvalue weighted by Gasteiger charge is -2.23. The van der Waals surface area contributed by atoms with E-state index in [2.05, 4.69) is 31.0 Å². The number of methoxy groups -OCH3 is 1. The molecule has 0 spiro atoms. The molecule has 2 N–H and O–H groups in total. The average molecular weight is 232 g/mol. The molecule has 0 aromatic carbocycles. The normalized spacial score (nSPS) is 14.4. The molecule has 0 radical (unpaired) electrons. The Hall–Kier alpha value is -0.160. The molecule has 0 saturated heterocycles. The Kier molecular flexibility index (Phi) is 7.93. The van der Waals surface area contributed by atoms with Gasteiger partial charge in [0, 0.05) is 19.2 Å². The van der Waals surface area contributed by atoms with Gasteiger partial charge in [-0.05, 0) is 47.3 Å². The van der Waals surface area contributed by atoms with E-state index in [1.54, 1.807) is 7.11 Å². The molecule has 0 saturated carbocycles. The van der Waals surface area contributed by atoms with Crippen LogP contribution >= 0.6 is 0 Å². The second kappa shape index (κ2) is 8.01. The number of aliphatic hydroxyl groups is 1. The van der Waals surface area contributed by atoms with Crippen LogP contribution in [0.5, 0.6) is 0 Å². The van der Waals surface area contributed by atoms with Gasteiger partial charge in [0.1, 0.15) is 0 Å². The van der Waals surface area contributed by atoms with Crippen LogP contribution in [-0.2, 0) is 4.74 Å². The van der Waals surface area contributed by atoms with E-state index in [-0.39, 0.29) is 11.6 Å². The Morgan fingerprint density at radius 1 is 1.38 bits per heavy atom. The maximum atomic E-state index is 9.52. The number of likely N-dealkylation sites (N-methyl/N-ethyl adjacent to an activating group) is 1. The molecule has 0 bridgehead atoms. The maximum Gasteiger partial charge on any atom is 0.0899 e. The molecule has 4 nitrogen and oxygen atoms in total. The van der Waals surface area contributed by atoms with Crippen LogP contribution < -0.4 is 5.32 Å². The molecular weight excluding hydrogens is 204 g/mol. The van der Waals surface area contributed by atoms with E-state index >= 15 is 0 Å². The first kappa shape index (κ1) is 15.8. The van der Waals surface area contributed by atoms with Gasteiger partial charge < -0.3 is 20.1 Å². The molecule has 0 aromatic rings. The third-order valence-corrected chi connectivity index (χ3v) is 2.25. The van der Waals surface area contributed by atoms with Crippen molar-refractivity contribution in [3.05, 3.63) is 0 Å². The summed E-state index contributed by atoms with van der Waals surface area (Å²) < 4.78 is 4.89. The molecule has 0 fully saturated rings. The summed E-state index contributed by atoms with van der Waals surface area (Å²) in [5.74, 6) is 0. The van der Waals surface area contributed by atoms with E-state index < -0.39 is 0 Å². The number of nitrogens with zero attached hydrogens (tertiary/aromatic N) is 1. The topological polar surface area (TPSA) is 44.7 Å². The average Bonchev–Trinajstić information content (AvgIpc) is 2.11. The number of nitrogens with one attached hydrogen (secondary N) is 1. The summed E-state index contributed by atoms with van der Waals surface area (Å²) in [6, 6.07) is 0. The molecule has 0 aromatic heterocycles. The molecule has 1 unspecified atom stereocenters. The summed E-state index contributed by atoms with van der Waals surface area (Å²) in [7, 11) is 3.63. The Morgan fingerprint density at radius 3 is 2.50 bits per heavy atom. The Bertz CT molecular complexity index is 169. The fourth-order valence-corrected chi connectivity index (χ4v) is 1.51. The number of rotatable bonds is 8. The lowest BCUT2D eigenvalue weighted by atomic mass is 10.1. The highest BCUT2D eigenvalue weighted by molar-refractivity contribution is 4.70. The molecule has 0 aliphatic rings. The first-order chi connectivity index (χ1) is 7.35. The minimum absolute atomic E-state index is 0.189. The minimum Gasteiger partial charge on any atom is -0.389 e. The summed E-state index contributed by atoms with van der Waals surface area (Å²) in [6.45, 7) is 9.57. The van der Waals surface area contributed by atoms with Crippen molar-refractivity contribution >= 4 is 0 Å². The Labute approximate surface area is 100.0 Å². The van der Waals surface area contributed by atoms with Crippen LogP contribution in [0.15, 0.2) is 0 Å². The van der Waals surface area contributed by atoms with E-state index in [1.807, 2.05) is 7.05 Å². The van der Waals surface area contributed by atoms with Crippen LogP contribution in [0.2, 0.25) is 0 Å². The maximum absolute atomic E-state index is 9.52. The van der Waals surface area contributed by atoms with Crippen molar-refractivity contribution in [3.63, 3.8) is 0 Å². The van der Waals surface area contributed by atoms with Crippen LogP contribution in [-0.4, -0.2) is 62.0 Å². The summed E-state index contributed by atoms with van der Waals surface area (Å²) in [5.41, 5.74) is 0.189. The molecule has 0 amide bonds. The van der Waals surface area contributed by atoms with Crippen LogP contribution in [0.1, 0.15) is 27.2 Å². The van der Waals surface area contributed by atoms with Crippen LogP contribution in [0.25, 0.3) is 0 Å². The zero-order chi connectivity index (χ0) is 12.6. The molecule has 0 heterocycles. The lowest BCUT2D eigenvalue weighted by Crippen LogP contribution is -2.38. The van der Waals surface area contributed by atoms with Crippen molar-refractivity contribution in [1.29, 1.82) is 0 Å². The van der Waals surface area contributed by atoms with Crippen LogP contribution in [0, 0.1) is 0 Å². The fraction of sp³-hybridized carbons (Fsp3) is 1.00. The van der Waals surface area contributed by atoms with Crippen molar-refractivity contribution in [2.75, 3.05) is 40.4 Å². The Morgan fingerprint density at radius 2 is 2.00 bits per heavy atom. The van der Waals surface area contributed by atoms with E-state index in [9.17, 15) is 5.11 Å². The van der Waals surface area contributed by atoms with Gasteiger partial charge in [-0.25, -0.2) is 0 Å². The van der Waals surface area contributed by atoms with Crippen molar-refractivity contribution in [2.45, 2.75) is 38.8 Å². The van der Waals surface area contributed by atoms with Crippen molar-refractivity contribution in [1.82, 2.24) is 10.2 Å². The van der Waals surface area contributed by atoms with E-state index in [0.29, 0.717) is 13.2 Å². The Balaban J connectivity index is 3.47. The van der Waals surface area contributed by atoms with Crippen LogP contribution in [0.3, 0.4) is 0 Å². The van der Waals surface area contributed by atoms with E-state index in [0.717, 1.165) is 19.5 Å². The zero-order valence-corrected chi connectivity index (χ0v) is 11.4. The third kappa shape index (κ3) is 10.4. The fourth-order valence-electron chi connectivity index (χ4n) is 1.51. The van der Waals surface area contributed by atoms with Gasteiger partial charge in [-0.1, -0.05) is 0 Å². The van der Waals surface area contributed by atoms with Gasteiger partial charge in [-0.15, -0.1) is 0 Å². The predicted molar refractivity (Wildman–Crippen MR) is 67.8 cm³/mol. The number of hydrogen-bond acceptors (Lipinski definition) is 4. The van der Waals surface area contributed by atoms with Crippen molar-refractivity contribution in [3.8, 4) is 0 Å². The molecule has 0 rings (SSSR count). The van der Waals surface area contributed by atoms with Crippen molar-refractivity contribution < 1.29 is 9.84 Å². The minimum atomic E-state index is -0.384. The number of hydrogen-bond donors (Lipinski definition) is 2. The van der Waals surface area contributed by atoms with E-state index in [4.69, 9.17) is 4.74 Å². The van der Waals surface area contributed by atoms with E-state index in [1.165, 1.54) is 0 Å². The van der Waals surface area contributed by atoms with Gasteiger partial charge in [-0.3, -0.25) is 0 Å². The van der Waals surface area contributed by atoms with Gasteiger partial charge in [0.05, 0.1) is 12.7 Å². The van der Waals surface area contributed by atoms with Gasteiger partial charge in [-0.2, -0.15) is 0 Å². The highest BCUT2D eigenvalue weighted by atomic mass is 16.5. The predicted octanol–water partition coefficient (Wildman–Crippen LogP) is 0.704. The van der Waals surface area contributed by atoms with Gasteiger partial charge in [0.15, 0.2) is 0 Å². The summed E-state index contributed by atoms with van der Waals surface area (Å²) in [6.07, 6.45) is 0.707. The smallest absolute Gasteiger partial charge is 0.0899 e. The number of aliphatic hydroxyl groups excluding tert-OH is 1. The summed E-state index contributed by atoms with van der Waals surface area (Å²) >= 11 is 0. The third-order valence-electron chi connectivity index (χ3n) is 2.25. The quantitative estimate of drug-likeness (QED) is 0.605. The van der Waals surface area contributed by atoms with Gasteiger partial charge in [0.25, 0.3) is 0 Å². The zero-order valence-electron chi connectivity index (χ0n) is 11.4. The lowest BCUT2D eigenvalue weighted by molar-refractivity contribution is 0.0430. The molecule has 98 valence electrons. The monoisotopic (exact) mass is 232 g/mol. The second-order valence-electron chi connectivity index (χ2n) is 5.40. The van der Waals surface area contributed by atoms with Crippen molar-refractivity contribution in [2.24, 2.45) is 0 Å². The SMILES string of the molecule is COCC(O)CN(C)CCCNC(C)(C)C. The molecule has 1 atom stereocenters. The second-order valence-corrected chi connectivity index (χ2v) is 5.40. The largest absolute Gasteiger partial charge is 0.389 e. The first-order valence-electron chi connectivity index (χ1n) is 5.95. The molecule has 0 aliphatic heterocycles. The van der Waals surface area contributed by atoms with Gasteiger partial charge >= 0.3 is 0 Å². The molecule has 16 heavy (non-hydrogen) atoms.